The largest absolute Gasteiger partial charge is 0.232 e. The number of benzene rings is 1. The number of halogens is 1. The minimum Gasteiger partial charge on any atom is -0.232 e. The highest BCUT2D eigenvalue weighted by atomic mass is 35.5. The van der Waals surface area contributed by atoms with Crippen molar-refractivity contribution in [3.05, 3.63) is 47.4 Å². The number of nitrogens with zero attached hydrogens (tertiary/aromatic N) is 2. The highest BCUT2D eigenvalue weighted by Gasteiger charge is 2.32. The second kappa shape index (κ2) is 3.04. The Morgan fingerprint density at radius 3 is 2.73 bits per heavy atom. The molecule has 1 aromatic carbocycles. The fourth-order valence-electron chi connectivity index (χ4n) is 1.69. The van der Waals surface area contributed by atoms with Crippen LogP contribution in [0.1, 0.15) is 18.2 Å². The van der Waals surface area contributed by atoms with E-state index >= 15 is 0 Å². The molecule has 1 fully saturated rings. The lowest BCUT2D eigenvalue weighted by Gasteiger charge is -2.02. The number of para-hydroxylation sites is 1. The van der Waals surface area contributed by atoms with Gasteiger partial charge < -0.3 is 0 Å². The van der Waals surface area contributed by atoms with Crippen molar-refractivity contribution < 1.29 is 0 Å². The molecule has 1 unspecified atom stereocenters. The summed E-state index contributed by atoms with van der Waals surface area (Å²) in [6.07, 6.45) is 0.995. The molecule has 0 spiro atoms. The molecule has 1 heterocycles. The van der Waals surface area contributed by atoms with E-state index in [0.29, 0.717) is 11.1 Å². The monoisotopic (exact) mass is 216 g/mol. The SMILES string of the molecule is C=C1CC1c1nc(Cl)c2ccccc2n1. The first-order chi connectivity index (χ1) is 7.25. The van der Waals surface area contributed by atoms with Gasteiger partial charge >= 0.3 is 0 Å². The molecule has 1 atom stereocenters. The summed E-state index contributed by atoms with van der Waals surface area (Å²) >= 11 is 6.10. The van der Waals surface area contributed by atoms with E-state index in [1.807, 2.05) is 24.3 Å². The lowest BCUT2D eigenvalue weighted by atomic mass is 10.2. The van der Waals surface area contributed by atoms with Gasteiger partial charge in [0, 0.05) is 11.3 Å². The van der Waals surface area contributed by atoms with Crippen molar-refractivity contribution in [2.45, 2.75) is 12.3 Å². The molecule has 0 N–H and O–H groups in total. The molecule has 1 aliphatic carbocycles. The summed E-state index contributed by atoms with van der Waals surface area (Å²) in [6.45, 7) is 3.91. The summed E-state index contributed by atoms with van der Waals surface area (Å²) in [7, 11) is 0. The van der Waals surface area contributed by atoms with Crippen LogP contribution in [0, 0.1) is 0 Å². The number of rotatable bonds is 1. The summed E-state index contributed by atoms with van der Waals surface area (Å²) in [5.74, 6) is 1.14. The number of aromatic nitrogens is 2. The molecule has 0 aliphatic heterocycles. The van der Waals surface area contributed by atoms with Crippen molar-refractivity contribution in [2.75, 3.05) is 0 Å². The van der Waals surface area contributed by atoms with Crippen molar-refractivity contribution in [3.8, 4) is 0 Å². The van der Waals surface area contributed by atoms with Crippen LogP contribution in [-0.4, -0.2) is 9.97 Å². The molecule has 0 amide bonds. The molecule has 1 saturated carbocycles. The summed E-state index contributed by atoms with van der Waals surface area (Å²) < 4.78 is 0. The topological polar surface area (TPSA) is 25.8 Å². The van der Waals surface area contributed by atoms with Crippen molar-refractivity contribution in [1.29, 1.82) is 0 Å². The summed E-state index contributed by atoms with van der Waals surface area (Å²) in [6, 6.07) is 7.78. The zero-order valence-electron chi connectivity index (χ0n) is 8.07. The molecule has 3 rings (SSSR count). The van der Waals surface area contributed by atoms with Crippen LogP contribution >= 0.6 is 11.6 Å². The van der Waals surface area contributed by atoms with Gasteiger partial charge in [-0.15, -0.1) is 0 Å². The van der Waals surface area contributed by atoms with Gasteiger partial charge in [0.25, 0.3) is 0 Å². The Hall–Kier alpha value is -1.41. The van der Waals surface area contributed by atoms with E-state index in [4.69, 9.17) is 11.6 Å². The molecule has 74 valence electrons. The maximum Gasteiger partial charge on any atom is 0.140 e. The van der Waals surface area contributed by atoms with Gasteiger partial charge in [0.2, 0.25) is 0 Å². The Bertz CT molecular complexity index is 563. The highest BCUT2D eigenvalue weighted by Crippen LogP contribution is 2.44. The maximum absolute atomic E-state index is 6.10. The average molecular weight is 217 g/mol. The van der Waals surface area contributed by atoms with E-state index in [1.165, 1.54) is 5.57 Å². The highest BCUT2D eigenvalue weighted by molar-refractivity contribution is 6.34. The Morgan fingerprint density at radius 2 is 2.00 bits per heavy atom. The van der Waals surface area contributed by atoms with Gasteiger partial charge in [0.1, 0.15) is 11.0 Å². The van der Waals surface area contributed by atoms with Crippen molar-refractivity contribution in [1.82, 2.24) is 9.97 Å². The zero-order chi connectivity index (χ0) is 10.4. The zero-order valence-corrected chi connectivity index (χ0v) is 8.83. The fraction of sp³-hybridized carbons (Fsp3) is 0.167. The van der Waals surface area contributed by atoms with E-state index < -0.39 is 0 Å². The molecular formula is C12H9ClN2. The van der Waals surface area contributed by atoms with Crippen LogP contribution in [-0.2, 0) is 0 Å². The lowest BCUT2D eigenvalue weighted by molar-refractivity contribution is 0.967. The third kappa shape index (κ3) is 1.41. The van der Waals surface area contributed by atoms with Crippen LogP contribution in [0.4, 0.5) is 0 Å². The first-order valence-corrected chi connectivity index (χ1v) is 5.23. The third-order valence-electron chi connectivity index (χ3n) is 2.68. The van der Waals surface area contributed by atoms with Crippen molar-refractivity contribution in [3.63, 3.8) is 0 Å². The van der Waals surface area contributed by atoms with Gasteiger partial charge in [-0.25, -0.2) is 9.97 Å². The molecule has 0 radical (unpaired) electrons. The number of hydrogen-bond acceptors (Lipinski definition) is 2. The molecule has 0 bridgehead atoms. The first-order valence-electron chi connectivity index (χ1n) is 4.85. The van der Waals surface area contributed by atoms with E-state index in [0.717, 1.165) is 23.1 Å². The van der Waals surface area contributed by atoms with Crippen LogP contribution in [0.15, 0.2) is 36.4 Å². The Balaban J connectivity index is 2.23. The van der Waals surface area contributed by atoms with E-state index in [-0.39, 0.29) is 0 Å². The van der Waals surface area contributed by atoms with Crippen molar-refractivity contribution >= 4 is 22.5 Å². The van der Waals surface area contributed by atoms with Gasteiger partial charge in [0.05, 0.1) is 5.52 Å². The van der Waals surface area contributed by atoms with Crippen LogP contribution in [0.25, 0.3) is 10.9 Å². The van der Waals surface area contributed by atoms with Gasteiger partial charge in [-0.05, 0) is 18.6 Å². The first kappa shape index (κ1) is 8.86. The van der Waals surface area contributed by atoms with Crippen LogP contribution in [0.3, 0.4) is 0 Å². The number of hydrogen-bond donors (Lipinski definition) is 0. The second-order valence-corrected chi connectivity index (χ2v) is 4.16. The third-order valence-corrected chi connectivity index (χ3v) is 2.97. The summed E-state index contributed by atoms with van der Waals surface area (Å²) in [4.78, 5) is 8.80. The minimum absolute atomic E-state index is 0.326. The average Bonchev–Trinajstić information content (AvgIpc) is 2.96. The molecule has 1 aliphatic rings. The molecule has 2 nitrogen and oxygen atoms in total. The van der Waals surface area contributed by atoms with Crippen LogP contribution in [0.2, 0.25) is 5.15 Å². The van der Waals surface area contributed by atoms with Crippen molar-refractivity contribution in [2.24, 2.45) is 0 Å². The van der Waals surface area contributed by atoms with Gasteiger partial charge in [-0.1, -0.05) is 35.9 Å². The number of allylic oxidation sites excluding steroid dienone is 1. The normalized spacial score (nSPS) is 19.5. The summed E-state index contributed by atoms with van der Waals surface area (Å²) in [5.41, 5.74) is 2.11. The molecule has 0 saturated heterocycles. The summed E-state index contributed by atoms with van der Waals surface area (Å²) in [5, 5.41) is 1.45. The smallest absolute Gasteiger partial charge is 0.140 e. The van der Waals surface area contributed by atoms with E-state index in [1.54, 1.807) is 0 Å². The Labute approximate surface area is 92.6 Å². The van der Waals surface area contributed by atoms with Crippen LogP contribution in [0.5, 0.6) is 0 Å². The minimum atomic E-state index is 0.326. The van der Waals surface area contributed by atoms with E-state index in [2.05, 4.69) is 16.5 Å². The van der Waals surface area contributed by atoms with Crippen LogP contribution < -0.4 is 0 Å². The molecule has 15 heavy (non-hydrogen) atoms. The van der Waals surface area contributed by atoms with Gasteiger partial charge in [-0.3, -0.25) is 0 Å². The Morgan fingerprint density at radius 1 is 1.27 bits per heavy atom. The molecule has 3 heteroatoms. The number of fused-ring (bicyclic) bond motifs is 1. The predicted molar refractivity (Wildman–Crippen MR) is 61.0 cm³/mol. The quantitative estimate of drug-likeness (QED) is 0.540. The van der Waals surface area contributed by atoms with Gasteiger partial charge in [-0.2, -0.15) is 0 Å². The lowest BCUT2D eigenvalue weighted by Crippen LogP contribution is -1.94. The van der Waals surface area contributed by atoms with E-state index in [9.17, 15) is 0 Å². The maximum atomic E-state index is 6.10. The predicted octanol–water partition coefficient (Wildman–Crippen LogP) is 3.33. The second-order valence-electron chi connectivity index (χ2n) is 3.80. The fourth-order valence-corrected chi connectivity index (χ4v) is 1.93. The molecular weight excluding hydrogens is 208 g/mol. The standard InChI is InChI=1S/C12H9ClN2/c1-7-6-9(7)12-14-10-5-3-2-4-8(10)11(13)15-12/h2-5,9H,1,6H2. The van der Waals surface area contributed by atoms with Gasteiger partial charge in [0.15, 0.2) is 0 Å². The Kier molecular flexibility index (Phi) is 1.80. The molecule has 2 aromatic rings. The molecule has 1 aromatic heterocycles.